The monoisotopic (exact) mass is 273 g/mol. The molecule has 1 heterocycles. The maximum absolute atomic E-state index is 12.7. The number of likely N-dealkylation sites (N-methyl/N-ethyl adjacent to an activating group) is 2. The van der Waals surface area contributed by atoms with Crippen LogP contribution in [0.15, 0.2) is 30.5 Å². The average molecular weight is 273 g/mol. The van der Waals surface area contributed by atoms with E-state index in [1.165, 1.54) is 0 Å². The molecule has 4 nitrogen and oxygen atoms in total. The number of H-pyrrole nitrogens is 1. The fourth-order valence-electron chi connectivity index (χ4n) is 2.27. The van der Waals surface area contributed by atoms with Crippen LogP contribution in [0.3, 0.4) is 0 Å². The minimum atomic E-state index is 0.0919. The topological polar surface area (TPSA) is 39.3 Å². The minimum Gasteiger partial charge on any atom is -0.361 e. The van der Waals surface area contributed by atoms with Crippen molar-refractivity contribution < 1.29 is 4.79 Å². The second-order valence-electron chi connectivity index (χ2n) is 5.40. The molecule has 0 spiro atoms. The van der Waals surface area contributed by atoms with Gasteiger partial charge in [0, 0.05) is 30.7 Å². The van der Waals surface area contributed by atoms with Crippen molar-refractivity contribution in [1.82, 2.24) is 14.8 Å². The largest absolute Gasteiger partial charge is 0.361 e. The predicted molar refractivity (Wildman–Crippen MR) is 83.0 cm³/mol. The fourth-order valence-corrected chi connectivity index (χ4v) is 2.27. The lowest BCUT2D eigenvalue weighted by molar-refractivity contribution is 0.0727. The summed E-state index contributed by atoms with van der Waals surface area (Å²) in [5.41, 5.74) is 1.67. The zero-order valence-corrected chi connectivity index (χ0v) is 12.7. The first-order valence-corrected chi connectivity index (χ1v) is 7.06. The summed E-state index contributed by atoms with van der Waals surface area (Å²) in [4.78, 5) is 19.9. The summed E-state index contributed by atoms with van der Waals surface area (Å²) < 4.78 is 0. The van der Waals surface area contributed by atoms with Crippen LogP contribution in [0.4, 0.5) is 0 Å². The van der Waals surface area contributed by atoms with E-state index in [1.54, 1.807) is 0 Å². The van der Waals surface area contributed by atoms with Gasteiger partial charge in [0.2, 0.25) is 0 Å². The summed E-state index contributed by atoms with van der Waals surface area (Å²) in [5.74, 6) is 0.0919. The summed E-state index contributed by atoms with van der Waals surface area (Å²) in [6.07, 6.45) is 1.88. The smallest absolute Gasteiger partial charge is 0.256 e. The average Bonchev–Trinajstić information content (AvgIpc) is 2.91. The Balaban J connectivity index is 2.26. The molecule has 0 aliphatic rings. The highest BCUT2D eigenvalue weighted by molar-refractivity contribution is 6.05. The Morgan fingerprint density at radius 2 is 2.05 bits per heavy atom. The number of benzene rings is 1. The van der Waals surface area contributed by atoms with Gasteiger partial charge in [-0.25, -0.2) is 0 Å². The molecule has 0 saturated carbocycles. The number of carbonyl (C=O) groups excluding carboxylic acids is 1. The first-order valence-electron chi connectivity index (χ1n) is 7.06. The van der Waals surface area contributed by atoms with Crippen molar-refractivity contribution in [3.63, 3.8) is 0 Å². The Morgan fingerprint density at radius 1 is 1.30 bits per heavy atom. The van der Waals surface area contributed by atoms with Crippen LogP contribution in [-0.2, 0) is 0 Å². The Labute approximate surface area is 120 Å². The number of hydrogen-bond donors (Lipinski definition) is 1. The Morgan fingerprint density at radius 3 is 2.70 bits per heavy atom. The molecule has 0 radical (unpaired) electrons. The number of rotatable bonds is 5. The molecular formula is C16H23N3O. The van der Waals surface area contributed by atoms with E-state index in [2.05, 4.69) is 16.8 Å². The molecule has 2 rings (SSSR count). The quantitative estimate of drug-likeness (QED) is 0.909. The number of fused-ring (bicyclic) bond motifs is 1. The molecular weight excluding hydrogens is 250 g/mol. The van der Waals surface area contributed by atoms with E-state index in [9.17, 15) is 4.79 Å². The van der Waals surface area contributed by atoms with Crippen molar-refractivity contribution in [1.29, 1.82) is 0 Å². The van der Waals surface area contributed by atoms with E-state index >= 15 is 0 Å². The van der Waals surface area contributed by atoms with Gasteiger partial charge in [0.15, 0.2) is 0 Å². The predicted octanol–water partition coefficient (Wildman–Crippen LogP) is 2.58. The van der Waals surface area contributed by atoms with Crippen molar-refractivity contribution in [2.45, 2.75) is 19.9 Å². The number of aromatic amines is 1. The normalized spacial score (nSPS) is 12.8. The zero-order valence-electron chi connectivity index (χ0n) is 12.7. The van der Waals surface area contributed by atoms with Crippen LogP contribution < -0.4 is 0 Å². The molecule has 108 valence electrons. The highest BCUT2D eigenvalue weighted by Crippen LogP contribution is 2.18. The van der Waals surface area contributed by atoms with E-state index in [0.717, 1.165) is 23.0 Å². The van der Waals surface area contributed by atoms with Gasteiger partial charge in [0.25, 0.3) is 5.91 Å². The second kappa shape index (κ2) is 6.09. The summed E-state index contributed by atoms with van der Waals surface area (Å²) in [6, 6.07) is 8.17. The number of nitrogens with zero attached hydrogens (tertiary/aromatic N) is 2. The molecule has 1 aromatic carbocycles. The van der Waals surface area contributed by atoms with Crippen molar-refractivity contribution in [2.75, 3.05) is 27.2 Å². The third-order valence-corrected chi connectivity index (χ3v) is 3.85. The Bertz CT molecular complexity index is 588. The van der Waals surface area contributed by atoms with Crippen LogP contribution >= 0.6 is 0 Å². The molecule has 0 bridgehead atoms. The summed E-state index contributed by atoms with van der Waals surface area (Å²) in [5, 5.41) is 1.08. The summed E-state index contributed by atoms with van der Waals surface area (Å²) in [7, 11) is 4.07. The standard InChI is InChI=1S/C16H23N3O/c1-5-19(11-12(2)18(3)4)16(20)14-8-6-7-13-9-10-17-15(13)14/h6-10,12,17H,5,11H2,1-4H3. The molecule has 1 unspecified atom stereocenters. The molecule has 0 aliphatic carbocycles. The Kier molecular flexibility index (Phi) is 4.45. The zero-order chi connectivity index (χ0) is 14.7. The van der Waals surface area contributed by atoms with Crippen molar-refractivity contribution >= 4 is 16.8 Å². The maximum Gasteiger partial charge on any atom is 0.256 e. The van der Waals surface area contributed by atoms with E-state index in [4.69, 9.17) is 0 Å². The van der Waals surface area contributed by atoms with Gasteiger partial charge in [-0.2, -0.15) is 0 Å². The first-order chi connectivity index (χ1) is 9.54. The highest BCUT2D eigenvalue weighted by atomic mass is 16.2. The van der Waals surface area contributed by atoms with Gasteiger partial charge in [-0.3, -0.25) is 4.79 Å². The van der Waals surface area contributed by atoms with Gasteiger partial charge in [0.05, 0.1) is 11.1 Å². The first kappa shape index (κ1) is 14.6. The van der Waals surface area contributed by atoms with E-state index in [-0.39, 0.29) is 5.91 Å². The van der Waals surface area contributed by atoms with E-state index in [0.29, 0.717) is 12.6 Å². The number of nitrogens with one attached hydrogen (secondary N) is 1. The van der Waals surface area contributed by atoms with Gasteiger partial charge in [-0.1, -0.05) is 12.1 Å². The number of para-hydroxylation sites is 1. The van der Waals surface area contributed by atoms with Crippen LogP contribution in [0.5, 0.6) is 0 Å². The molecule has 4 heteroatoms. The fraction of sp³-hybridized carbons (Fsp3) is 0.438. The van der Waals surface area contributed by atoms with E-state index in [1.807, 2.05) is 56.4 Å². The van der Waals surface area contributed by atoms with Gasteiger partial charge < -0.3 is 14.8 Å². The van der Waals surface area contributed by atoms with E-state index < -0.39 is 0 Å². The molecule has 0 fully saturated rings. The Hall–Kier alpha value is -1.81. The van der Waals surface area contributed by atoms with Crippen LogP contribution in [0.1, 0.15) is 24.2 Å². The second-order valence-corrected chi connectivity index (χ2v) is 5.40. The highest BCUT2D eigenvalue weighted by Gasteiger charge is 2.19. The van der Waals surface area contributed by atoms with Crippen LogP contribution in [0, 0.1) is 0 Å². The maximum atomic E-state index is 12.7. The van der Waals surface area contributed by atoms with Gasteiger partial charge in [-0.15, -0.1) is 0 Å². The molecule has 1 N–H and O–H groups in total. The molecule has 1 aromatic heterocycles. The molecule has 1 atom stereocenters. The lowest BCUT2D eigenvalue weighted by atomic mass is 10.1. The molecule has 0 aliphatic heterocycles. The molecule has 0 saturated heterocycles. The van der Waals surface area contributed by atoms with Crippen LogP contribution in [-0.4, -0.2) is 53.9 Å². The number of carbonyl (C=O) groups is 1. The molecule has 1 amide bonds. The number of amides is 1. The van der Waals surface area contributed by atoms with Crippen molar-refractivity contribution in [3.05, 3.63) is 36.0 Å². The third kappa shape index (κ3) is 2.85. The molecule has 2 aromatic rings. The number of aromatic nitrogens is 1. The summed E-state index contributed by atoms with van der Waals surface area (Å²) >= 11 is 0. The summed E-state index contributed by atoms with van der Waals surface area (Å²) in [6.45, 7) is 5.60. The van der Waals surface area contributed by atoms with Crippen LogP contribution in [0.2, 0.25) is 0 Å². The SMILES string of the molecule is CCN(CC(C)N(C)C)C(=O)c1cccc2cc[nH]c12. The lowest BCUT2D eigenvalue weighted by Gasteiger charge is -2.28. The minimum absolute atomic E-state index is 0.0919. The molecule has 20 heavy (non-hydrogen) atoms. The van der Waals surface area contributed by atoms with Crippen molar-refractivity contribution in [3.8, 4) is 0 Å². The van der Waals surface area contributed by atoms with Gasteiger partial charge in [-0.05, 0) is 40.1 Å². The lowest BCUT2D eigenvalue weighted by Crippen LogP contribution is -2.41. The third-order valence-electron chi connectivity index (χ3n) is 3.85. The van der Waals surface area contributed by atoms with Crippen molar-refractivity contribution in [2.24, 2.45) is 0 Å². The van der Waals surface area contributed by atoms with Gasteiger partial charge >= 0.3 is 0 Å². The van der Waals surface area contributed by atoms with Crippen LogP contribution in [0.25, 0.3) is 10.9 Å². The number of hydrogen-bond acceptors (Lipinski definition) is 2. The van der Waals surface area contributed by atoms with Gasteiger partial charge in [0.1, 0.15) is 0 Å².